The lowest BCUT2D eigenvalue weighted by molar-refractivity contribution is -0.139. The van der Waals surface area contributed by atoms with Gasteiger partial charge >= 0.3 is 5.97 Å². The van der Waals surface area contributed by atoms with Crippen LogP contribution in [-0.4, -0.2) is 62.5 Å². The molecule has 0 fully saturated rings. The van der Waals surface area contributed by atoms with Crippen LogP contribution in [0, 0.1) is 0 Å². The number of carbonyl (C=O) groups is 1. The number of methoxy groups -OCH3 is 2. The van der Waals surface area contributed by atoms with Crippen LogP contribution in [0.1, 0.15) is 6.92 Å². The minimum absolute atomic E-state index is 0.0217. The number of rotatable bonds is 8. The van der Waals surface area contributed by atoms with E-state index < -0.39 is 5.97 Å². The first-order chi connectivity index (χ1) is 6.61. The van der Waals surface area contributed by atoms with E-state index in [1.54, 1.807) is 14.2 Å². The van der Waals surface area contributed by atoms with Gasteiger partial charge in [-0.25, -0.2) is 0 Å². The van der Waals surface area contributed by atoms with Crippen molar-refractivity contribution in [3.63, 3.8) is 0 Å². The van der Waals surface area contributed by atoms with Gasteiger partial charge in [-0.1, -0.05) is 0 Å². The van der Waals surface area contributed by atoms with Crippen LogP contribution < -0.4 is 0 Å². The highest BCUT2D eigenvalue weighted by Gasteiger charge is 2.15. The molecular formula is C9H19NO4. The second-order valence-corrected chi connectivity index (χ2v) is 3.16. The Morgan fingerprint density at radius 2 is 2.07 bits per heavy atom. The number of aliphatic carboxylic acids is 1. The Hall–Kier alpha value is -0.650. The Morgan fingerprint density at radius 1 is 1.43 bits per heavy atom. The van der Waals surface area contributed by atoms with Crippen molar-refractivity contribution in [3.05, 3.63) is 0 Å². The molecule has 0 aliphatic carbocycles. The molecule has 0 heterocycles. The van der Waals surface area contributed by atoms with Crippen molar-refractivity contribution in [3.8, 4) is 0 Å². The van der Waals surface area contributed by atoms with Gasteiger partial charge in [-0.15, -0.1) is 0 Å². The number of ether oxygens (including phenoxy) is 2. The minimum atomic E-state index is -0.830. The Balaban J connectivity index is 4.00. The molecule has 1 N–H and O–H groups in total. The number of carboxylic acids is 1. The fraction of sp³-hybridized carbons (Fsp3) is 0.889. The molecule has 0 aromatic rings. The third-order valence-corrected chi connectivity index (χ3v) is 1.95. The van der Waals surface area contributed by atoms with Crippen LogP contribution in [0.3, 0.4) is 0 Å². The minimum Gasteiger partial charge on any atom is -0.480 e. The molecule has 0 saturated heterocycles. The molecule has 0 aliphatic rings. The van der Waals surface area contributed by atoms with Gasteiger partial charge in [0.05, 0.1) is 19.8 Å². The topological polar surface area (TPSA) is 59.0 Å². The summed E-state index contributed by atoms with van der Waals surface area (Å²) in [5.41, 5.74) is 0. The molecule has 0 aliphatic heterocycles. The summed E-state index contributed by atoms with van der Waals surface area (Å²) in [6.45, 7) is 3.61. The summed E-state index contributed by atoms with van der Waals surface area (Å²) in [6, 6.07) is 0.0891. The molecule has 0 aromatic heterocycles. The summed E-state index contributed by atoms with van der Waals surface area (Å²) in [5.74, 6) is -0.830. The first-order valence-corrected chi connectivity index (χ1v) is 4.55. The van der Waals surface area contributed by atoms with Gasteiger partial charge in [0.25, 0.3) is 0 Å². The monoisotopic (exact) mass is 205 g/mol. The molecule has 0 rings (SSSR count). The quantitative estimate of drug-likeness (QED) is 0.607. The van der Waals surface area contributed by atoms with Crippen molar-refractivity contribution in [2.45, 2.75) is 13.0 Å². The molecular weight excluding hydrogens is 186 g/mol. The summed E-state index contributed by atoms with van der Waals surface area (Å²) >= 11 is 0. The summed E-state index contributed by atoms with van der Waals surface area (Å²) in [5, 5.41) is 8.68. The van der Waals surface area contributed by atoms with Crippen molar-refractivity contribution in [2.24, 2.45) is 0 Å². The van der Waals surface area contributed by atoms with Crippen molar-refractivity contribution >= 4 is 5.97 Å². The largest absolute Gasteiger partial charge is 0.480 e. The average molecular weight is 205 g/mol. The normalized spacial score (nSPS) is 13.1. The lowest BCUT2D eigenvalue weighted by Gasteiger charge is -2.26. The molecule has 84 valence electrons. The van der Waals surface area contributed by atoms with E-state index in [1.165, 1.54) is 0 Å². The Morgan fingerprint density at radius 3 is 2.50 bits per heavy atom. The lowest BCUT2D eigenvalue weighted by Crippen LogP contribution is -2.41. The lowest BCUT2D eigenvalue weighted by atomic mass is 10.3. The van der Waals surface area contributed by atoms with E-state index in [9.17, 15) is 4.79 Å². The predicted molar refractivity (Wildman–Crippen MR) is 52.4 cm³/mol. The van der Waals surface area contributed by atoms with Crippen molar-refractivity contribution in [1.29, 1.82) is 0 Å². The van der Waals surface area contributed by atoms with Crippen LogP contribution >= 0.6 is 0 Å². The van der Waals surface area contributed by atoms with Gasteiger partial charge in [0, 0.05) is 26.8 Å². The molecule has 1 atom stereocenters. The zero-order chi connectivity index (χ0) is 11.0. The number of hydrogen-bond donors (Lipinski definition) is 1. The average Bonchev–Trinajstić information content (AvgIpc) is 2.12. The Kier molecular flexibility index (Phi) is 7.37. The third kappa shape index (κ3) is 5.90. The van der Waals surface area contributed by atoms with Crippen molar-refractivity contribution in [2.75, 3.05) is 40.5 Å². The van der Waals surface area contributed by atoms with Gasteiger partial charge in [0.2, 0.25) is 0 Å². The molecule has 1 unspecified atom stereocenters. The highest BCUT2D eigenvalue weighted by molar-refractivity contribution is 5.69. The van der Waals surface area contributed by atoms with Gasteiger partial charge in [-0.2, -0.15) is 0 Å². The third-order valence-electron chi connectivity index (χ3n) is 1.95. The maximum Gasteiger partial charge on any atom is 0.317 e. The van der Waals surface area contributed by atoms with Gasteiger partial charge < -0.3 is 14.6 Å². The van der Waals surface area contributed by atoms with Crippen LogP contribution in [-0.2, 0) is 14.3 Å². The molecule has 0 aromatic carbocycles. The molecule has 0 amide bonds. The van der Waals surface area contributed by atoms with E-state index in [2.05, 4.69) is 0 Å². The standard InChI is InChI=1S/C9H19NO4/c1-8(7-14-3)10(4-5-13-2)6-9(11)12/h8H,4-7H2,1-3H3,(H,11,12). The summed E-state index contributed by atoms with van der Waals surface area (Å²) in [4.78, 5) is 12.4. The second-order valence-electron chi connectivity index (χ2n) is 3.16. The van der Waals surface area contributed by atoms with Gasteiger partial charge in [0.1, 0.15) is 0 Å². The first-order valence-electron chi connectivity index (χ1n) is 4.55. The van der Waals surface area contributed by atoms with Gasteiger partial charge in [-0.05, 0) is 6.92 Å². The number of carboxylic acid groups (broad SMARTS) is 1. The zero-order valence-electron chi connectivity index (χ0n) is 9.02. The van der Waals surface area contributed by atoms with Gasteiger partial charge in [-0.3, -0.25) is 9.69 Å². The molecule has 5 heteroatoms. The van der Waals surface area contributed by atoms with Crippen LogP contribution in [0.5, 0.6) is 0 Å². The fourth-order valence-electron chi connectivity index (χ4n) is 1.18. The molecule has 14 heavy (non-hydrogen) atoms. The summed E-state index contributed by atoms with van der Waals surface area (Å²) < 4.78 is 9.88. The fourth-order valence-corrected chi connectivity index (χ4v) is 1.18. The molecule has 0 spiro atoms. The second kappa shape index (κ2) is 7.73. The molecule has 5 nitrogen and oxygen atoms in total. The van der Waals surface area contributed by atoms with E-state index in [4.69, 9.17) is 14.6 Å². The highest BCUT2D eigenvalue weighted by Crippen LogP contribution is 1.99. The number of nitrogens with zero attached hydrogens (tertiary/aromatic N) is 1. The van der Waals surface area contributed by atoms with E-state index >= 15 is 0 Å². The maximum atomic E-state index is 10.6. The van der Waals surface area contributed by atoms with Crippen LogP contribution in [0.4, 0.5) is 0 Å². The van der Waals surface area contributed by atoms with Crippen molar-refractivity contribution in [1.82, 2.24) is 4.90 Å². The van der Waals surface area contributed by atoms with E-state index in [-0.39, 0.29) is 12.6 Å². The molecule has 0 saturated carbocycles. The summed E-state index contributed by atoms with van der Waals surface area (Å²) in [7, 11) is 3.20. The maximum absolute atomic E-state index is 10.6. The van der Waals surface area contributed by atoms with E-state index in [0.29, 0.717) is 19.8 Å². The van der Waals surface area contributed by atoms with Crippen LogP contribution in [0.15, 0.2) is 0 Å². The molecule has 0 radical (unpaired) electrons. The van der Waals surface area contributed by atoms with Gasteiger partial charge in [0.15, 0.2) is 0 Å². The molecule has 0 bridgehead atoms. The first kappa shape index (κ1) is 13.4. The highest BCUT2D eigenvalue weighted by atomic mass is 16.5. The smallest absolute Gasteiger partial charge is 0.317 e. The number of hydrogen-bond acceptors (Lipinski definition) is 4. The Labute approximate surface area is 84.6 Å². The SMILES string of the molecule is COCCN(CC(=O)O)C(C)COC. The van der Waals surface area contributed by atoms with Crippen molar-refractivity contribution < 1.29 is 19.4 Å². The van der Waals surface area contributed by atoms with E-state index in [1.807, 2.05) is 11.8 Å². The van der Waals surface area contributed by atoms with Crippen LogP contribution in [0.25, 0.3) is 0 Å². The zero-order valence-corrected chi connectivity index (χ0v) is 9.02. The van der Waals surface area contributed by atoms with Crippen LogP contribution in [0.2, 0.25) is 0 Å². The Bertz CT molecular complexity index is 163. The summed E-state index contributed by atoms with van der Waals surface area (Å²) in [6.07, 6.45) is 0. The predicted octanol–water partition coefficient (Wildman–Crippen LogP) is 0.0543. The van der Waals surface area contributed by atoms with E-state index in [0.717, 1.165) is 0 Å².